The SMILES string of the molecule is Cc1ccccc1CCNC(=O)N1CCOC(c2cccc(Br)c2)C1. The van der Waals surface area contributed by atoms with Gasteiger partial charge in [0.05, 0.1) is 13.2 Å². The van der Waals surface area contributed by atoms with Gasteiger partial charge in [-0.1, -0.05) is 52.3 Å². The number of carbonyl (C=O) groups is 1. The molecular formula is C20H23BrN2O2. The third-order valence-corrected chi connectivity index (χ3v) is 5.00. The highest BCUT2D eigenvalue weighted by molar-refractivity contribution is 9.10. The zero-order valence-corrected chi connectivity index (χ0v) is 16.0. The molecule has 0 bridgehead atoms. The third kappa shape index (κ3) is 4.83. The molecule has 1 aliphatic heterocycles. The Balaban J connectivity index is 1.52. The van der Waals surface area contributed by atoms with E-state index in [1.165, 1.54) is 11.1 Å². The van der Waals surface area contributed by atoms with Gasteiger partial charge < -0.3 is 15.0 Å². The number of halogens is 1. The molecule has 1 N–H and O–H groups in total. The van der Waals surface area contributed by atoms with Gasteiger partial charge in [0.15, 0.2) is 0 Å². The zero-order chi connectivity index (χ0) is 17.6. The first kappa shape index (κ1) is 18.0. The summed E-state index contributed by atoms with van der Waals surface area (Å²) in [6.45, 7) is 4.50. The van der Waals surface area contributed by atoms with Gasteiger partial charge in [0, 0.05) is 17.6 Å². The van der Waals surface area contributed by atoms with Crippen molar-refractivity contribution in [3.63, 3.8) is 0 Å². The van der Waals surface area contributed by atoms with Gasteiger partial charge >= 0.3 is 6.03 Å². The summed E-state index contributed by atoms with van der Waals surface area (Å²) in [6, 6.07) is 16.3. The second-order valence-electron chi connectivity index (χ2n) is 6.27. The molecule has 5 heteroatoms. The number of ether oxygens (including phenoxy) is 1. The summed E-state index contributed by atoms with van der Waals surface area (Å²) in [5, 5.41) is 3.03. The maximum Gasteiger partial charge on any atom is 0.317 e. The number of amides is 2. The molecule has 4 nitrogen and oxygen atoms in total. The lowest BCUT2D eigenvalue weighted by atomic mass is 10.1. The van der Waals surface area contributed by atoms with Crippen LogP contribution in [0.4, 0.5) is 4.79 Å². The van der Waals surface area contributed by atoms with Crippen LogP contribution in [-0.2, 0) is 11.2 Å². The van der Waals surface area contributed by atoms with Crippen LogP contribution in [0.5, 0.6) is 0 Å². The minimum Gasteiger partial charge on any atom is -0.370 e. The summed E-state index contributed by atoms with van der Waals surface area (Å²) in [5.41, 5.74) is 3.63. The highest BCUT2D eigenvalue weighted by Gasteiger charge is 2.25. The summed E-state index contributed by atoms with van der Waals surface area (Å²) < 4.78 is 6.87. The number of urea groups is 1. The first-order valence-corrected chi connectivity index (χ1v) is 9.37. The smallest absolute Gasteiger partial charge is 0.317 e. The van der Waals surface area contributed by atoms with Crippen molar-refractivity contribution in [3.05, 3.63) is 69.7 Å². The minimum atomic E-state index is -0.0756. The molecule has 0 aliphatic carbocycles. The average molecular weight is 403 g/mol. The maximum absolute atomic E-state index is 12.5. The normalized spacial score (nSPS) is 17.4. The number of rotatable bonds is 4. The Bertz CT molecular complexity index is 735. The summed E-state index contributed by atoms with van der Waals surface area (Å²) in [7, 11) is 0. The second-order valence-corrected chi connectivity index (χ2v) is 7.18. The Morgan fingerprint density at radius 2 is 2.12 bits per heavy atom. The van der Waals surface area contributed by atoms with Gasteiger partial charge in [0.1, 0.15) is 6.10 Å². The van der Waals surface area contributed by atoms with Crippen molar-refractivity contribution in [2.45, 2.75) is 19.4 Å². The lowest BCUT2D eigenvalue weighted by molar-refractivity contribution is -0.0154. The van der Waals surface area contributed by atoms with Crippen LogP contribution in [0.3, 0.4) is 0 Å². The first-order valence-electron chi connectivity index (χ1n) is 8.58. The Kier molecular flexibility index (Phi) is 6.10. The maximum atomic E-state index is 12.5. The van der Waals surface area contributed by atoms with Gasteiger partial charge in [-0.05, 0) is 42.2 Å². The van der Waals surface area contributed by atoms with E-state index in [9.17, 15) is 4.79 Å². The van der Waals surface area contributed by atoms with Crippen molar-refractivity contribution in [3.8, 4) is 0 Å². The molecule has 2 aromatic rings. The highest BCUT2D eigenvalue weighted by atomic mass is 79.9. The largest absolute Gasteiger partial charge is 0.370 e. The van der Waals surface area contributed by atoms with Crippen molar-refractivity contribution >= 4 is 22.0 Å². The van der Waals surface area contributed by atoms with Crippen molar-refractivity contribution in [2.24, 2.45) is 0 Å². The molecule has 0 aromatic heterocycles. The summed E-state index contributed by atoms with van der Waals surface area (Å²) in [4.78, 5) is 14.3. The van der Waals surface area contributed by atoms with Crippen LogP contribution in [-0.4, -0.2) is 37.2 Å². The van der Waals surface area contributed by atoms with Crippen LogP contribution in [0.15, 0.2) is 53.0 Å². The van der Waals surface area contributed by atoms with E-state index in [1.54, 1.807) is 0 Å². The van der Waals surface area contributed by atoms with Crippen LogP contribution in [0.1, 0.15) is 22.8 Å². The molecule has 1 saturated heterocycles. The molecule has 1 atom stereocenters. The summed E-state index contributed by atoms with van der Waals surface area (Å²) in [5.74, 6) is 0. The van der Waals surface area contributed by atoms with Crippen molar-refractivity contribution in [1.82, 2.24) is 10.2 Å². The van der Waals surface area contributed by atoms with Crippen LogP contribution in [0.25, 0.3) is 0 Å². The number of hydrogen-bond acceptors (Lipinski definition) is 2. The predicted octanol–water partition coefficient (Wildman–Crippen LogP) is 4.08. The number of benzene rings is 2. The van der Waals surface area contributed by atoms with E-state index in [2.05, 4.69) is 40.3 Å². The second kappa shape index (κ2) is 8.50. The van der Waals surface area contributed by atoms with Crippen molar-refractivity contribution < 1.29 is 9.53 Å². The average Bonchev–Trinajstić information content (AvgIpc) is 2.63. The fourth-order valence-electron chi connectivity index (χ4n) is 3.05. The van der Waals surface area contributed by atoms with Gasteiger partial charge in [-0.3, -0.25) is 0 Å². The molecule has 0 spiro atoms. The molecule has 1 heterocycles. The fraction of sp³-hybridized carbons (Fsp3) is 0.350. The fourth-order valence-corrected chi connectivity index (χ4v) is 3.47. The van der Waals surface area contributed by atoms with Crippen molar-refractivity contribution in [1.29, 1.82) is 0 Å². The number of nitrogens with zero attached hydrogens (tertiary/aromatic N) is 1. The molecule has 132 valence electrons. The molecule has 2 amide bonds. The number of aryl methyl sites for hydroxylation is 1. The number of morpholine rings is 1. The van der Waals surface area contributed by atoms with E-state index in [-0.39, 0.29) is 12.1 Å². The minimum absolute atomic E-state index is 0.0168. The van der Waals surface area contributed by atoms with Crippen molar-refractivity contribution in [2.75, 3.05) is 26.2 Å². The molecule has 3 rings (SSSR count). The predicted molar refractivity (Wildman–Crippen MR) is 103 cm³/mol. The quantitative estimate of drug-likeness (QED) is 0.836. The van der Waals surface area contributed by atoms with Gasteiger partial charge in [0.2, 0.25) is 0 Å². The Morgan fingerprint density at radius 3 is 2.92 bits per heavy atom. The van der Waals surface area contributed by atoms with Crippen LogP contribution >= 0.6 is 15.9 Å². The Morgan fingerprint density at radius 1 is 1.28 bits per heavy atom. The lowest BCUT2D eigenvalue weighted by Crippen LogP contribution is -2.47. The molecule has 1 unspecified atom stereocenters. The lowest BCUT2D eigenvalue weighted by Gasteiger charge is -2.33. The monoisotopic (exact) mass is 402 g/mol. The van der Waals surface area contributed by atoms with E-state index in [0.717, 1.165) is 16.5 Å². The standard InChI is InChI=1S/C20H23BrN2O2/c1-15-5-2-3-6-16(15)9-10-22-20(24)23-11-12-25-19(14-23)17-7-4-8-18(21)13-17/h2-8,13,19H,9-12,14H2,1H3,(H,22,24). The molecule has 0 radical (unpaired) electrons. The van der Waals surface area contributed by atoms with E-state index < -0.39 is 0 Å². The van der Waals surface area contributed by atoms with Gasteiger partial charge in [0.25, 0.3) is 0 Å². The molecule has 25 heavy (non-hydrogen) atoms. The molecule has 1 fully saturated rings. The van der Waals surface area contributed by atoms with E-state index >= 15 is 0 Å². The molecule has 0 saturated carbocycles. The van der Waals surface area contributed by atoms with Crippen LogP contribution < -0.4 is 5.32 Å². The third-order valence-electron chi connectivity index (χ3n) is 4.51. The number of nitrogens with one attached hydrogen (secondary N) is 1. The van der Waals surface area contributed by atoms with Gasteiger partial charge in [-0.25, -0.2) is 4.79 Å². The van der Waals surface area contributed by atoms with E-state index in [4.69, 9.17) is 4.74 Å². The number of carbonyl (C=O) groups excluding carboxylic acids is 1. The highest BCUT2D eigenvalue weighted by Crippen LogP contribution is 2.24. The Hall–Kier alpha value is -1.85. The molecular weight excluding hydrogens is 380 g/mol. The van der Waals surface area contributed by atoms with E-state index in [1.807, 2.05) is 41.3 Å². The topological polar surface area (TPSA) is 41.6 Å². The summed E-state index contributed by atoms with van der Waals surface area (Å²) in [6.07, 6.45) is 0.769. The molecule has 1 aliphatic rings. The Labute approximate surface area is 157 Å². The first-order chi connectivity index (χ1) is 12.1. The van der Waals surface area contributed by atoms with Crippen LogP contribution in [0.2, 0.25) is 0 Å². The van der Waals surface area contributed by atoms with Gasteiger partial charge in [-0.15, -0.1) is 0 Å². The molecule has 2 aromatic carbocycles. The zero-order valence-electron chi connectivity index (χ0n) is 14.4. The van der Waals surface area contributed by atoms with Gasteiger partial charge in [-0.2, -0.15) is 0 Å². The number of hydrogen-bond donors (Lipinski definition) is 1. The van der Waals surface area contributed by atoms with E-state index in [0.29, 0.717) is 26.2 Å². The summed E-state index contributed by atoms with van der Waals surface area (Å²) >= 11 is 3.49. The van der Waals surface area contributed by atoms with Crippen LogP contribution in [0, 0.1) is 6.92 Å².